The number of aromatic nitrogens is 1. The Morgan fingerprint density at radius 3 is 2.72 bits per heavy atom. The number of anilines is 1. The van der Waals surface area contributed by atoms with E-state index in [4.69, 9.17) is 0 Å². The van der Waals surface area contributed by atoms with Crippen molar-refractivity contribution >= 4 is 11.5 Å². The van der Waals surface area contributed by atoms with Gasteiger partial charge in [0.25, 0.3) is 0 Å². The smallest absolute Gasteiger partial charge is 0.311 e. The van der Waals surface area contributed by atoms with Crippen LogP contribution in [0.15, 0.2) is 18.3 Å². The summed E-state index contributed by atoms with van der Waals surface area (Å²) in [5.74, 6) is 3.68. The topological polar surface area (TPSA) is 68.1 Å². The van der Waals surface area contributed by atoms with Gasteiger partial charge < -0.3 is 5.32 Å². The number of pyridine rings is 1. The SMILES string of the molecule is O=[N+]([O-])c1cccnc1NC1C2C3CCC(C3)C12. The van der Waals surface area contributed by atoms with Crippen molar-refractivity contribution in [2.75, 3.05) is 5.32 Å². The Kier molecular flexibility index (Phi) is 1.96. The van der Waals surface area contributed by atoms with E-state index in [-0.39, 0.29) is 10.6 Å². The zero-order valence-corrected chi connectivity index (χ0v) is 9.95. The van der Waals surface area contributed by atoms with E-state index in [9.17, 15) is 10.1 Å². The Balaban J connectivity index is 1.55. The van der Waals surface area contributed by atoms with E-state index in [1.165, 1.54) is 25.3 Å². The van der Waals surface area contributed by atoms with Gasteiger partial charge in [-0.1, -0.05) is 0 Å². The first-order chi connectivity index (χ1) is 8.75. The lowest BCUT2D eigenvalue weighted by molar-refractivity contribution is -0.384. The number of nitro groups is 1. The lowest BCUT2D eigenvalue weighted by Gasteiger charge is -2.10. The summed E-state index contributed by atoms with van der Waals surface area (Å²) in [6, 6.07) is 3.56. The molecule has 2 bridgehead atoms. The maximum Gasteiger partial charge on any atom is 0.311 e. The van der Waals surface area contributed by atoms with Crippen molar-refractivity contribution in [1.82, 2.24) is 4.98 Å². The monoisotopic (exact) mass is 245 g/mol. The van der Waals surface area contributed by atoms with E-state index in [1.807, 2.05) is 0 Å². The van der Waals surface area contributed by atoms with Gasteiger partial charge in [0, 0.05) is 18.3 Å². The molecular weight excluding hydrogens is 230 g/mol. The van der Waals surface area contributed by atoms with Gasteiger partial charge in [-0.15, -0.1) is 0 Å². The molecule has 18 heavy (non-hydrogen) atoms. The molecule has 5 nitrogen and oxygen atoms in total. The second kappa shape index (κ2) is 3.43. The maximum absolute atomic E-state index is 10.9. The Morgan fingerprint density at radius 2 is 2.06 bits per heavy atom. The van der Waals surface area contributed by atoms with Gasteiger partial charge in [0.15, 0.2) is 0 Å². The molecule has 1 aromatic heterocycles. The summed E-state index contributed by atoms with van der Waals surface area (Å²) in [4.78, 5) is 14.7. The van der Waals surface area contributed by atoms with Gasteiger partial charge in [-0.3, -0.25) is 10.1 Å². The molecule has 0 amide bonds. The molecule has 0 saturated heterocycles. The molecule has 3 aliphatic carbocycles. The normalized spacial score (nSPS) is 39.4. The highest BCUT2D eigenvalue weighted by Crippen LogP contribution is 2.66. The Bertz CT molecular complexity index is 503. The van der Waals surface area contributed by atoms with Crippen LogP contribution in [-0.2, 0) is 0 Å². The molecule has 0 aromatic carbocycles. The number of nitrogens with one attached hydrogen (secondary N) is 1. The van der Waals surface area contributed by atoms with Gasteiger partial charge in [-0.05, 0) is 49.0 Å². The van der Waals surface area contributed by atoms with Crippen molar-refractivity contribution in [3.8, 4) is 0 Å². The first kappa shape index (κ1) is 10.3. The van der Waals surface area contributed by atoms with Crippen molar-refractivity contribution < 1.29 is 4.92 Å². The summed E-state index contributed by atoms with van der Waals surface area (Å²) in [5.41, 5.74) is 0.0924. The zero-order chi connectivity index (χ0) is 12.3. The van der Waals surface area contributed by atoms with Crippen LogP contribution in [0.2, 0.25) is 0 Å². The lowest BCUT2D eigenvalue weighted by atomic mass is 10.0. The third-order valence-corrected chi connectivity index (χ3v) is 5.02. The standard InChI is InChI=1S/C13H15N3O2/c17-16(18)9-2-1-5-14-13(9)15-12-10-7-3-4-8(6-7)11(10)12/h1-2,5,7-8,10-12H,3-4,6H2,(H,14,15). The van der Waals surface area contributed by atoms with Crippen LogP contribution >= 0.6 is 0 Å². The van der Waals surface area contributed by atoms with Crippen molar-refractivity contribution in [3.05, 3.63) is 28.4 Å². The molecule has 4 rings (SSSR count). The second-order valence-corrected chi connectivity index (χ2v) is 5.79. The van der Waals surface area contributed by atoms with Crippen LogP contribution in [0.5, 0.6) is 0 Å². The predicted molar refractivity (Wildman–Crippen MR) is 66.1 cm³/mol. The lowest BCUT2D eigenvalue weighted by Crippen LogP contribution is -2.14. The maximum atomic E-state index is 10.9. The highest BCUT2D eigenvalue weighted by atomic mass is 16.6. The van der Waals surface area contributed by atoms with Crippen LogP contribution in [-0.4, -0.2) is 15.9 Å². The molecular formula is C13H15N3O2. The molecule has 0 aliphatic heterocycles. The summed E-state index contributed by atoms with van der Waals surface area (Å²) in [6.45, 7) is 0. The summed E-state index contributed by atoms with van der Waals surface area (Å²) >= 11 is 0. The van der Waals surface area contributed by atoms with E-state index < -0.39 is 0 Å². The van der Waals surface area contributed by atoms with Crippen LogP contribution in [0.4, 0.5) is 11.5 Å². The largest absolute Gasteiger partial charge is 0.361 e. The van der Waals surface area contributed by atoms with E-state index >= 15 is 0 Å². The molecule has 3 fully saturated rings. The molecule has 1 aromatic rings. The van der Waals surface area contributed by atoms with Gasteiger partial charge >= 0.3 is 5.69 Å². The molecule has 3 saturated carbocycles. The first-order valence-electron chi connectivity index (χ1n) is 6.61. The minimum absolute atomic E-state index is 0.0924. The van der Waals surface area contributed by atoms with Crippen LogP contribution in [0.3, 0.4) is 0 Å². The molecule has 4 unspecified atom stereocenters. The molecule has 94 valence electrons. The fourth-order valence-corrected chi connectivity index (χ4v) is 4.33. The molecule has 4 atom stereocenters. The second-order valence-electron chi connectivity index (χ2n) is 5.79. The highest BCUT2D eigenvalue weighted by molar-refractivity contribution is 5.57. The first-order valence-corrected chi connectivity index (χ1v) is 6.61. The minimum atomic E-state index is -0.359. The summed E-state index contributed by atoms with van der Waals surface area (Å²) < 4.78 is 0. The molecule has 5 heteroatoms. The third-order valence-electron chi connectivity index (χ3n) is 5.02. The van der Waals surface area contributed by atoms with E-state index in [1.54, 1.807) is 12.3 Å². The van der Waals surface area contributed by atoms with Gasteiger partial charge in [0.05, 0.1) is 4.92 Å². The van der Waals surface area contributed by atoms with Gasteiger partial charge in [0.2, 0.25) is 5.82 Å². The van der Waals surface area contributed by atoms with Gasteiger partial charge in [-0.25, -0.2) is 4.98 Å². The Morgan fingerprint density at radius 1 is 1.33 bits per heavy atom. The Hall–Kier alpha value is -1.65. The molecule has 3 aliphatic rings. The number of fused-ring (bicyclic) bond motifs is 5. The van der Waals surface area contributed by atoms with Crippen LogP contribution in [0.1, 0.15) is 19.3 Å². The highest BCUT2D eigenvalue weighted by Gasteiger charge is 2.65. The van der Waals surface area contributed by atoms with Gasteiger partial charge in [-0.2, -0.15) is 0 Å². The molecule has 1 heterocycles. The van der Waals surface area contributed by atoms with E-state index in [0.29, 0.717) is 11.9 Å². The van der Waals surface area contributed by atoms with Crippen molar-refractivity contribution in [2.45, 2.75) is 25.3 Å². The summed E-state index contributed by atoms with van der Waals surface area (Å²) in [7, 11) is 0. The van der Waals surface area contributed by atoms with Crippen LogP contribution in [0.25, 0.3) is 0 Å². The van der Waals surface area contributed by atoms with Crippen molar-refractivity contribution in [1.29, 1.82) is 0 Å². The minimum Gasteiger partial charge on any atom is -0.361 e. The molecule has 0 radical (unpaired) electrons. The van der Waals surface area contributed by atoms with Crippen molar-refractivity contribution in [2.24, 2.45) is 23.7 Å². The third kappa shape index (κ3) is 1.30. The average Bonchev–Trinajstić information content (AvgIpc) is 2.78. The average molecular weight is 245 g/mol. The summed E-state index contributed by atoms with van der Waals surface area (Å²) in [6.07, 6.45) is 5.71. The number of nitrogens with zero attached hydrogens (tertiary/aromatic N) is 2. The van der Waals surface area contributed by atoms with Crippen molar-refractivity contribution in [3.63, 3.8) is 0 Å². The molecule has 0 spiro atoms. The number of rotatable bonds is 3. The number of hydrogen-bond donors (Lipinski definition) is 1. The fraction of sp³-hybridized carbons (Fsp3) is 0.615. The summed E-state index contributed by atoms with van der Waals surface area (Å²) in [5, 5.41) is 14.3. The van der Waals surface area contributed by atoms with Crippen LogP contribution < -0.4 is 5.32 Å². The Labute approximate surface area is 105 Å². The predicted octanol–water partition coefficient (Wildman–Crippen LogP) is 2.45. The zero-order valence-electron chi connectivity index (χ0n) is 9.95. The van der Waals surface area contributed by atoms with E-state index in [0.717, 1.165) is 23.7 Å². The van der Waals surface area contributed by atoms with Gasteiger partial charge in [0.1, 0.15) is 0 Å². The number of hydrogen-bond acceptors (Lipinski definition) is 4. The van der Waals surface area contributed by atoms with E-state index in [2.05, 4.69) is 10.3 Å². The quantitative estimate of drug-likeness (QED) is 0.656. The molecule has 1 N–H and O–H groups in total. The fourth-order valence-electron chi connectivity index (χ4n) is 4.33. The van der Waals surface area contributed by atoms with Crippen LogP contribution in [0, 0.1) is 33.8 Å².